The molecule has 1 aromatic rings. The number of urea groups is 1. The van der Waals surface area contributed by atoms with Crippen molar-refractivity contribution in [3.63, 3.8) is 0 Å². The third-order valence-corrected chi connectivity index (χ3v) is 4.51. The van der Waals surface area contributed by atoms with Crippen LogP contribution in [-0.4, -0.2) is 35.8 Å². The van der Waals surface area contributed by atoms with Crippen LogP contribution in [0.4, 0.5) is 10.5 Å². The van der Waals surface area contributed by atoms with E-state index in [0.29, 0.717) is 19.5 Å². The van der Waals surface area contributed by atoms with Crippen molar-refractivity contribution < 1.29 is 14.4 Å². The molecule has 2 N–H and O–H groups in total. The minimum Gasteiger partial charge on any atom is -0.323 e. The molecule has 1 atom stereocenters. The lowest BCUT2D eigenvalue weighted by atomic mass is 9.85. The van der Waals surface area contributed by atoms with E-state index in [4.69, 9.17) is 0 Å². The standard InChI is InChI=1S/C16H19N3O3/c1-10-3-4-11(2)12(7-10)17-15(22)19-6-5-16(9-19)8-13(20)18-14(16)21/h3-4,7H,5-6,8-9H2,1-2H3,(H,17,22)(H,18,20,21). The molecule has 1 aromatic carbocycles. The van der Waals surface area contributed by atoms with Gasteiger partial charge < -0.3 is 10.2 Å². The number of anilines is 1. The van der Waals surface area contributed by atoms with Gasteiger partial charge in [-0.25, -0.2) is 4.79 Å². The van der Waals surface area contributed by atoms with Gasteiger partial charge in [0.1, 0.15) is 0 Å². The molecule has 0 bridgehead atoms. The van der Waals surface area contributed by atoms with Crippen LogP contribution in [0.3, 0.4) is 0 Å². The maximum absolute atomic E-state index is 12.4. The van der Waals surface area contributed by atoms with Crippen LogP contribution in [-0.2, 0) is 9.59 Å². The Labute approximate surface area is 128 Å². The van der Waals surface area contributed by atoms with Crippen molar-refractivity contribution in [1.29, 1.82) is 0 Å². The van der Waals surface area contributed by atoms with E-state index in [1.165, 1.54) is 0 Å². The highest BCUT2D eigenvalue weighted by molar-refractivity contribution is 6.06. The minimum absolute atomic E-state index is 0.180. The first-order valence-electron chi connectivity index (χ1n) is 7.37. The second-order valence-electron chi connectivity index (χ2n) is 6.25. The third kappa shape index (κ3) is 2.45. The van der Waals surface area contributed by atoms with Gasteiger partial charge in [-0.1, -0.05) is 12.1 Å². The second kappa shape index (κ2) is 5.12. The predicted molar refractivity (Wildman–Crippen MR) is 81.3 cm³/mol. The first-order valence-corrected chi connectivity index (χ1v) is 7.37. The number of rotatable bonds is 1. The van der Waals surface area contributed by atoms with Gasteiger partial charge in [-0.05, 0) is 37.5 Å². The summed E-state index contributed by atoms with van der Waals surface area (Å²) in [5.74, 6) is -0.499. The van der Waals surface area contributed by atoms with Crippen LogP contribution in [0.15, 0.2) is 18.2 Å². The summed E-state index contributed by atoms with van der Waals surface area (Å²) in [5.41, 5.74) is 2.11. The van der Waals surface area contributed by atoms with Crippen molar-refractivity contribution in [3.8, 4) is 0 Å². The first kappa shape index (κ1) is 14.6. The molecule has 2 fully saturated rings. The number of carbonyl (C=O) groups is 3. The van der Waals surface area contributed by atoms with Gasteiger partial charge in [0.2, 0.25) is 11.8 Å². The Morgan fingerprint density at radius 1 is 1.32 bits per heavy atom. The van der Waals surface area contributed by atoms with Crippen LogP contribution in [0.25, 0.3) is 0 Å². The Hall–Kier alpha value is -2.37. The summed E-state index contributed by atoms with van der Waals surface area (Å²) in [7, 11) is 0. The fourth-order valence-corrected chi connectivity index (χ4v) is 3.13. The highest BCUT2D eigenvalue weighted by atomic mass is 16.2. The molecule has 0 aromatic heterocycles. The van der Waals surface area contributed by atoms with E-state index in [9.17, 15) is 14.4 Å². The normalized spacial score (nSPS) is 24.0. The molecule has 1 spiro atoms. The van der Waals surface area contributed by atoms with Crippen LogP contribution in [0.5, 0.6) is 0 Å². The van der Waals surface area contributed by atoms with E-state index < -0.39 is 5.41 Å². The average molecular weight is 301 g/mol. The number of aryl methyl sites for hydroxylation is 2. The number of imide groups is 1. The molecule has 2 saturated heterocycles. The number of nitrogens with one attached hydrogen (secondary N) is 2. The van der Waals surface area contributed by atoms with E-state index in [2.05, 4.69) is 10.6 Å². The van der Waals surface area contributed by atoms with Crippen molar-refractivity contribution in [1.82, 2.24) is 10.2 Å². The SMILES string of the molecule is Cc1ccc(C)c(NC(=O)N2CCC3(CC(=O)NC3=O)C2)c1. The Morgan fingerprint density at radius 3 is 2.77 bits per heavy atom. The number of carbonyl (C=O) groups excluding carboxylic acids is 3. The lowest BCUT2D eigenvalue weighted by Crippen LogP contribution is -2.38. The molecule has 6 heteroatoms. The van der Waals surface area contributed by atoms with E-state index in [0.717, 1.165) is 16.8 Å². The Bertz CT molecular complexity index is 671. The second-order valence-corrected chi connectivity index (χ2v) is 6.25. The molecule has 2 aliphatic rings. The van der Waals surface area contributed by atoms with Gasteiger partial charge in [0.15, 0.2) is 0 Å². The van der Waals surface area contributed by atoms with Crippen LogP contribution in [0.2, 0.25) is 0 Å². The number of amides is 4. The summed E-state index contributed by atoms with van der Waals surface area (Å²) in [6.07, 6.45) is 0.712. The minimum atomic E-state index is -0.726. The number of benzene rings is 1. The third-order valence-electron chi connectivity index (χ3n) is 4.51. The molecule has 3 rings (SSSR count). The van der Waals surface area contributed by atoms with Gasteiger partial charge in [-0.15, -0.1) is 0 Å². The summed E-state index contributed by atoms with van der Waals surface area (Å²) < 4.78 is 0. The molecule has 0 aliphatic carbocycles. The molecule has 22 heavy (non-hydrogen) atoms. The van der Waals surface area contributed by atoms with E-state index in [-0.39, 0.29) is 24.3 Å². The van der Waals surface area contributed by atoms with Gasteiger partial charge in [-0.3, -0.25) is 14.9 Å². The van der Waals surface area contributed by atoms with Crippen molar-refractivity contribution in [2.75, 3.05) is 18.4 Å². The van der Waals surface area contributed by atoms with E-state index >= 15 is 0 Å². The zero-order chi connectivity index (χ0) is 15.9. The molecule has 6 nitrogen and oxygen atoms in total. The number of hydrogen-bond acceptors (Lipinski definition) is 3. The Kier molecular flexibility index (Phi) is 3.39. The lowest BCUT2D eigenvalue weighted by Gasteiger charge is -2.21. The monoisotopic (exact) mass is 301 g/mol. The molecule has 2 aliphatic heterocycles. The fraction of sp³-hybridized carbons (Fsp3) is 0.438. The summed E-state index contributed by atoms with van der Waals surface area (Å²) in [4.78, 5) is 37.4. The lowest BCUT2D eigenvalue weighted by molar-refractivity contribution is -0.128. The Morgan fingerprint density at radius 2 is 2.09 bits per heavy atom. The van der Waals surface area contributed by atoms with Gasteiger partial charge in [0.25, 0.3) is 0 Å². The predicted octanol–water partition coefficient (Wildman–Crippen LogP) is 1.57. The molecule has 4 amide bonds. The van der Waals surface area contributed by atoms with Crippen molar-refractivity contribution in [2.24, 2.45) is 5.41 Å². The van der Waals surface area contributed by atoms with Crippen LogP contribution in [0, 0.1) is 19.3 Å². The summed E-state index contributed by atoms with van der Waals surface area (Å²) in [6.45, 7) is 4.68. The highest BCUT2D eigenvalue weighted by Gasteiger charge is 2.51. The molecular formula is C16H19N3O3. The molecule has 1 unspecified atom stereocenters. The molecule has 0 radical (unpaired) electrons. The van der Waals surface area contributed by atoms with Gasteiger partial charge in [-0.2, -0.15) is 0 Å². The van der Waals surface area contributed by atoms with Crippen molar-refractivity contribution in [3.05, 3.63) is 29.3 Å². The number of nitrogens with zero attached hydrogens (tertiary/aromatic N) is 1. The average Bonchev–Trinajstić information content (AvgIpc) is 2.99. The van der Waals surface area contributed by atoms with Crippen LogP contribution >= 0.6 is 0 Å². The summed E-state index contributed by atoms with van der Waals surface area (Å²) >= 11 is 0. The molecule has 116 valence electrons. The van der Waals surface area contributed by atoms with Crippen molar-refractivity contribution in [2.45, 2.75) is 26.7 Å². The number of likely N-dealkylation sites (tertiary alicyclic amines) is 1. The smallest absolute Gasteiger partial charge is 0.321 e. The maximum Gasteiger partial charge on any atom is 0.321 e. The largest absolute Gasteiger partial charge is 0.323 e. The fourth-order valence-electron chi connectivity index (χ4n) is 3.13. The van der Waals surface area contributed by atoms with E-state index in [1.807, 2.05) is 32.0 Å². The molecular weight excluding hydrogens is 282 g/mol. The van der Waals surface area contributed by atoms with Crippen LogP contribution in [0.1, 0.15) is 24.0 Å². The topological polar surface area (TPSA) is 78.5 Å². The Balaban J connectivity index is 1.71. The van der Waals surface area contributed by atoms with Gasteiger partial charge in [0.05, 0.1) is 5.41 Å². The quantitative estimate of drug-likeness (QED) is 0.773. The maximum atomic E-state index is 12.4. The summed E-state index contributed by atoms with van der Waals surface area (Å²) in [6, 6.07) is 5.65. The first-order chi connectivity index (χ1) is 10.4. The number of hydrogen-bond donors (Lipinski definition) is 2. The van der Waals surface area contributed by atoms with E-state index in [1.54, 1.807) is 4.90 Å². The molecule has 2 heterocycles. The molecule has 0 saturated carbocycles. The van der Waals surface area contributed by atoms with Gasteiger partial charge >= 0.3 is 6.03 Å². The zero-order valence-corrected chi connectivity index (χ0v) is 12.7. The zero-order valence-electron chi connectivity index (χ0n) is 12.7. The summed E-state index contributed by atoms with van der Waals surface area (Å²) in [5, 5.41) is 5.23. The highest BCUT2D eigenvalue weighted by Crippen LogP contribution is 2.37. The van der Waals surface area contributed by atoms with Gasteiger partial charge in [0, 0.05) is 25.2 Å². The van der Waals surface area contributed by atoms with Crippen molar-refractivity contribution >= 4 is 23.5 Å². The van der Waals surface area contributed by atoms with Crippen LogP contribution < -0.4 is 10.6 Å².